The van der Waals surface area contributed by atoms with Crippen LogP contribution in [0.5, 0.6) is 0 Å². The number of carbonyl (C=O) groups excluding carboxylic acids is 1. The summed E-state index contributed by atoms with van der Waals surface area (Å²) in [5, 5.41) is 0.290. The first-order valence-electron chi connectivity index (χ1n) is 8.74. The number of nitrogens with one attached hydrogen (secondary N) is 1. The molecule has 2 heterocycles. The van der Waals surface area contributed by atoms with Crippen molar-refractivity contribution in [2.75, 3.05) is 0 Å². The molecule has 0 atom stereocenters. The van der Waals surface area contributed by atoms with E-state index in [0.717, 1.165) is 17.7 Å². The van der Waals surface area contributed by atoms with Gasteiger partial charge < -0.3 is 10.7 Å². The van der Waals surface area contributed by atoms with Gasteiger partial charge >= 0.3 is 6.18 Å². The van der Waals surface area contributed by atoms with Crippen LogP contribution in [0.3, 0.4) is 0 Å². The lowest BCUT2D eigenvalue weighted by Gasteiger charge is -2.20. The zero-order valence-corrected chi connectivity index (χ0v) is 17.5. The Bertz CT molecular complexity index is 1170. The number of carbonyl (C=O) groups is 1. The number of aromatic amines is 1. The van der Waals surface area contributed by atoms with Crippen molar-refractivity contribution in [1.82, 2.24) is 9.97 Å². The lowest BCUT2D eigenvalue weighted by atomic mass is 9.85. The number of nitrogens with zero attached hydrogens (tertiary/aromatic N) is 1. The molecule has 0 fully saturated rings. The van der Waals surface area contributed by atoms with Crippen LogP contribution in [-0.2, 0) is 17.4 Å². The van der Waals surface area contributed by atoms with Crippen LogP contribution in [0.2, 0.25) is 5.02 Å². The number of halogens is 4. The van der Waals surface area contributed by atoms with E-state index in [0.29, 0.717) is 23.3 Å². The fourth-order valence-corrected chi connectivity index (χ4v) is 3.84. The summed E-state index contributed by atoms with van der Waals surface area (Å²) in [5.74, 6) is -0.353. The van der Waals surface area contributed by atoms with Crippen LogP contribution in [0.25, 0.3) is 22.0 Å². The van der Waals surface area contributed by atoms with E-state index in [1.807, 2.05) is 0 Å². The molecule has 0 aliphatic carbocycles. The second-order valence-corrected chi connectivity index (χ2v) is 8.87. The van der Waals surface area contributed by atoms with Crippen LogP contribution in [-0.4, -0.2) is 15.9 Å². The molecule has 0 saturated heterocycles. The molecule has 1 amide bonds. The minimum absolute atomic E-state index is 0.105. The molecule has 2 aromatic heterocycles. The van der Waals surface area contributed by atoms with Gasteiger partial charge in [0.05, 0.1) is 15.6 Å². The van der Waals surface area contributed by atoms with Gasteiger partial charge in [-0.15, -0.1) is 11.3 Å². The summed E-state index contributed by atoms with van der Waals surface area (Å²) >= 11 is 6.78. The first kappa shape index (κ1) is 22.0. The molecule has 0 saturated carbocycles. The standard InChI is InChI=1S/C20H17ClF3N3O2S/c1-19(2,18(25)29)9-10-3-4-12(21)11(7-10)17-26-13(8-16(28)27-17)14-5-6-15(30-14)20(22,23)24/h3-8H,9H2,1-2H3,(H2,25,29)(H,26,27,28). The average Bonchev–Trinajstić information content (AvgIpc) is 3.13. The quantitative estimate of drug-likeness (QED) is 0.574. The number of amides is 1. The Hall–Kier alpha value is -2.65. The Morgan fingerprint density at radius 3 is 2.50 bits per heavy atom. The van der Waals surface area contributed by atoms with Gasteiger partial charge in [0.25, 0.3) is 5.56 Å². The Kier molecular flexibility index (Phi) is 5.79. The number of benzene rings is 1. The number of alkyl halides is 3. The molecular weight excluding hydrogens is 439 g/mol. The van der Waals surface area contributed by atoms with Gasteiger partial charge in [0.15, 0.2) is 0 Å². The highest BCUT2D eigenvalue weighted by Gasteiger charge is 2.32. The Morgan fingerprint density at radius 2 is 1.90 bits per heavy atom. The highest BCUT2D eigenvalue weighted by atomic mass is 35.5. The van der Waals surface area contributed by atoms with Crippen LogP contribution in [0.1, 0.15) is 24.3 Å². The van der Waals surface area contributed by atoms with Gasteiger partial charge in [0.2, 0.25) is 5.91 Å². The number of hydrogen-bond acceptors (Lipinski definition) is 4. The van der Waals surface area contributed by atoms with Crippen LogP contribution in [0, 0.1) is 5.41 Å². The first-order chi connectivity index (χ1) is 13.9. The van der Waals surface area contributed by atoms with Crippen molar-refractivity contribution in [2.24, 2.45) is 11.1 Å². The summed E-state index contributed by atoms with van der Waals surface area (Å²) in [6.45, 7) is 3.42. The summed E-state index contributed by atoms with van der Waals surface area (Å²) in [6.07, 6.45) is -4.14. The predicted octanol–water partition coefficient (Wildman–Crippen LogP) is 4.89. The maximum Gasteiger partial charge on any atom is 0.425 e. The number of thiophene rings is 1. The molecule has 10 heteroatoms. The number of aromatic nitrogens is 2. The zero-order valence-electron chi connectivity index (χ0n) is 15.9. The lowest BCUT2D eigenvalue weighted by molar-refractivity contribution is -0.134. The summed E-state index contributed by atoms with van der Waals surface area (Å²) in [5.41, 5.74) is 5.32. The maximum atomic E-state index is 12.9. The number of nitrogens with two attached hydrogens (primary N) is 1. The Labute approximate surface area is 178 Å². The summed E-state index contributed by atoms with van der Waals surface area (Å²) in [7, 11) is 0. The monoisotopic (exact) mass is 455 g/mol. The van der Waals surface area contributed by atoms with E-state index in [1.54, 1.807) is 32.0 Å². The molecule has 3 N–H and O–H groups in total. The van der Waals surface area contributed by atoms with Crippen molar-refractivity contribution in [3.63, 3.8) is 0 Å². The van der Waals surface area contributed by atoms with Crippen LogP contribution in [0.4, 0.5) is 13.2 Å². The number of rotatable bonds is 5. The second kappa shape index (κ2) is 7.88. The van der Waals surface area contributed by atoms with Crippen molar-refractivity contribution in [3.05, 3.63) is 62.2 Å². The SMILES string of the molecule is CC(C)(Cc1ccc(Cl)c(-c2nc(-c3ccc(C(F)(F)F)s3)cc(=O)[nH]2)c1)C(N)=O. The van der Waals surface area contributed by atoms with Crippen molar-refractivity contribution in [2.45, 2.75) is 26.4 Å². The normalized spacial score (nSPS) is 12.2. The largest absolute Gasteiger partial charge is 0.425 e. The molecule has 158 valence electrons. The maximum absolute atomic E-state index is 12.9. The second-order valence-electron chi connectivity index (χ2n) is 7.38. The van der Waals surface area contributed by atoms with Gasteiger partial charge in [-0.1, -0.05) is 31.5 Å². The number of primary amides is 1. The average molecular weight is 456 g/mol. The Balaban J connectivity index is 2.05. The molecular formula is C20H17ClF3N3O2S. The molecule has 1 aromatic carbocycles. The molecule has 5 nitrogen and oxygen atoms in total. The molecule has 0 unspecified atom stereocenters. The van der Waals surface area contributed by atoms with Gasteiger partial charge in [-0.2, -0.15) is 13.2 Å². The molecule has 0 aliphatic rings. The van der Waals surface area contributed by atoms with E-state index >= 15 is 0 Å². The van der Waals surface area contributed by atoms with Gasteiger partial charge in [-0.3, -0.25) is 9.59 Å². The van der Waals surface area contributed by atoms with Crippen LogP contribution < -0.4 is 11.3 Å². The van der Waals surface area contributed by atoms with E-state index in [1.165, 1.54) is 6.07 Å². The fraction of sp³-hybridized carbons (Fsp3) is 0.250. The highest BCUT2D eigenvalue weighted by Crippen LogP contribution is 2.38. The highest BCUT2D eigenvalue weighted by molar-refractivity contribution is 7.15. The predicted molar refractivity (Wildman–Crippen MR) is 110 cm³/mol. The molecule has 0 radical (unpaired) electrons. The fourth-order valence-electron chi connectivity index (χ4n) is 2.80. The van der Waals surface area contributed by atoms with E-state index in [2.05, 4.69) is 9.97 Å². The zero-order chi connectivity index (χ0) is 22.3. The number of H-pyrrole nitrogens is 1. The third kappa shape index (κ3) is 4.73. The van der Waals surface area contributed by atoms with Gasteiger partial charge in [0, 0.05) is 17.0 Å². The van der Waals surface area contributed by atoms with Crippen molar-refractivity contribution >= 4 is 28.8 Å². The van der Waals surface area contributed by atoms with Crippen molar-refractivity contribution in [3.8, 4) is 22.0 Å². The molecule has 0 aliphatic heterocycles. The van der Waals surface area contributed by atoms with Crippen LogP contribution in [0.15, 0.2) is 41.2 Å². The number of hydrogen-bond donors (Lipinski definition) is 2. The smallest absolute Gasteiger partial charge is 0.369 e. The van der Waals surface area contributed by atoms with Crippen molar-refractivity contribution < 1.29 is 18.0 Å². The van der Waals surface area contributed by atoms with Gasteiger partial charge in [-0.25, -0.2) is 4.98 Å². The van der Waals surface area contributed by atoms with E-state index in [4.69, 9.17) is 17.3 Å². The van der Waals surface area contributed by atoms with Crippen LogP contribution >= 0.6 is 22.9 Å². The topological polar surface area (TPSA) is 88.8 Å². The minimum Gasteiger partial charge on any atom is -0.369 e. The van der Waals surface area contributed by atoms with E-state index < -0.39 is 27.9 Å². The Morgan fingerprint density at radius 1 is 1.20 bits per heavy atom. The molecule has 3 aromatic rings. The summed E-state index contributed by atoms with van der Waals surface area (Å²) in [6, 6.07) is 8.35. The molecule has 0 bridgehead atoms. The third-order valence-electron chi connectivity index (χ3n) is 4.48. The van der Waals surface area contributed by atoms with E-state index in [-0.39, 0.29) is 21.4 Å². The van der Waals surface area contributed by atoms with Gasteiger partial charge in [0.1, 0.15) is 10.7 Å². The first-order valence-corrected chi connectivity index (χ1v) is 9.94. The van der Waals surface area contributed by atoms with Gasteiger partial charge in [-0.05, 0) is 36.2 Å². The van der Waals surface area contributed by atoms with Crippen molar-refractivity contribution in [1.29, 1.82) is 0 Å². The minimum atomic E-state index is -4.47. The molecule has 30 heavy (non-hydrogen) atoms. The third-order valence-corrected chi connectivity index (χ3v) is 5.96. The molecule has 0 spiro atoms. The summed E-state index contributed by atoms with van der Waals surface area (Å²) < 4.78 is 38.7. The summed E-state index contributed by atoms with van der Waals surface area (Å²) in [4.78, 5) is 30.1. The molecule has 3 rings (SSSR count). The van der Waals surface area contributed by atoms with E-state index in [9.17, 15) is 22.8 Å². The lowest BCUT2D eigenvalue weighted by Crippen LogP contribution is -2.33.